The quantitative estimate of drug-likeness (QED) is 0.564. The lowest BCUT2D eigenvalue weighted by atomic mass is 9.98. The van der Waals surface area contributed by atoms with E-state index in [1.54, 1.807) is 18.5 Å². The van der Waals surface area contributed by atoms with E-state index in [9.17, 15) is 4.79 Å². The fourth-order valence-corrected chi connectivity index (χ4v) is 4.18. The fourth-order valence-electron chi connectivity index (χ4n) is 4.18. The van der Waals surface area contributed by atoms with Gasteiger partial charge in [0.1, 0.15) is 18.2 Å². The highest BCUT2D eigenvalue weighted by atomic mass is 16.5. The number of Topliss-reactive ketones (excluding diaryl/α,β-unsaturated/α-hetero) is 1. The van der Waals surface area contributed by atoms with Crippen LogP contribution >= 0.6 is 0 Å². The first-order valence-electron chi connectivity index (χ1n) is 10.6. The van der Waals surface area contributed by atoms with Gasteiger partial charge in [-0.25, -0.2) is 0 Å². The summed E-state index contributed by atoms with van der Waals surface area (Å²) in [5.41, 5.74) is 4.66. The number of nitrogens with zero attached hydrogens (tertiary/aromatic N) is 2. The predicted octanol–water partition coefficient (Wildman–Crippen LogP) is 4.79. The number of rotatable bonds is 5. The number of hydrogen-bond donors (Lipinski definition) is 0. The molecule has 0 aliphatic carbocycles. The molecule has 0 saturated carbocycles. The van der Waals surface area contributed by atoms with Crippen molar-refractivity contribution in [1.82, 2.24) is 9.88 Å². The van der Waals surface area contributed by atoms with Crippen molar-refractivity contribution in [2.24, 2.45) is 0 Å². The van der Waals surface area contributed by atoms with Gasteiger partial charge in [-0.3, -0.25) is 14.7 Å². The number of carbonyl (C=O) groups is 1. The fraction of sp³-hybridized carbons (Fsp3) is 0.231. The van der Waals surface area contributed by atoms with Gasteiger partial charge in [-0.05, 0) is 54.7 Å². The second-order valence-electron chi connectivity index (χ2n) is 8.02. The summed E-state index contributed by atoms with van der Waals surface area (Å²) in [7, 11) is 0. The summed E-state index contributed by atoms with van der Waals surface area (Å²) in [6, 6.07) is 16.2. The van der Waals surface area contributed by atoms with Crippen LogP contribution in [0, 0.1) is 6.92 Å². The molecule has 0 saturated heterocycles. The lowest BCUT2D eigenvalue weighted by molar-refractivity contribution is 0.0928. The third kappa shape index (κ3) is 3.97. The van der Waals surface area contributed by atoms with E-state index in [4.69, 9.17) is 9.47 Å². The smallest absolute Gasteiger partial charge is 0.232 e. The van der Waals surface area contributed by atoms with E-state index in [0.717, 1.165) is 41.8 Å². The number of aryl methyl sites for hydroxylation is 2. The molecule has 3 aromatic rings. The second kappa shape index (κ2) is 8.36. The SMILES string of the molecule is Cc1cc2c(c3c1C(=O)/C(=C/c1cccnc1)O3)CN(CCCc1ccccc1)CO2. The highest BCUT2D eigenvalue weighted by Crippen LogP contribution is 2.44. The highest BCUT2D eigenvalue weighted by Gasteiger charge is 2.35. The van der Waals surface area contributed by atoms with Crippen molar-refractivity contribution in [1.29, 1.82) is 0 Å². The predicted molar refractivity (Wildman–Crippen MR) is 119 cm³/mol. The maximum absolute atomic E-state index is 13.1. The standard InChI is InChI=1S/C26H24N2O3/c1-18-13-22-21(16-28(17-30-22)12-6-10-19-7-3-2-4-8-19)26-24(18)25(29)23(31-26)14-20-9-5-11-27-15-20/h2-5,7-9,11,13-15H,6,10,12,16-17H2,1H3/b23-14-. The number of carbonyl (C=O) groups excluding carboxylic acids is 1. The van der Waals surface area contributed by atoms with Crippen LogP contribution in [0.3, 0.4) is 0 Å². The van der Waals surface area contributed by atoms with Crippen LogP contribution in [0.2, 0.25) is 0 Å². The summed E-state index contributed by atoms with van der Waals surface area (Å²) in [5.74, 6) is 1.70. The summed E-state index contributed by atoms with van der Waals surface area (Å²) in [6.45, 7) is 4.11. The van der Waals surface area contributed by atoms with E-state index >= 15 is 0 Å². The average molecular weight is 412 g/mol. The van der Waals surface area contributed by atoms with E-state index in [1.165, 1.54) is 5.56 Å². The number of hydrogen-bond acceptors (Lipinski definition) is 5. The van der Waals surface area contributed by atoms with Gasteiger partial charge in [0.25, 0.3) is 0 Å². The lowest BCUT2D eigenvalue weighted by Crippen LogP contribution is -2.33. The van der Waals surface area contributed by atoms with E-state index in [1.807, 2.05) is 31.2 Å². The van der Waals surface area contributed by atoms with Gasteiger partial charge in [-0.1, -0.05) is 36.4 Å². The molecule has 2 aromatic carbocycles. The van der Waals surface area contributed by atoms with Crippen LogP contribution in [-0.4, -0.2) is 28.9 Å². The number of fused-ring (bicyclic) bond motifs is 3. The van der Waals surface area contributed by atoms with Crippen molar-refractivity contribution in [3.8, 4) is 11.5 Å². The third-order valence-electron chi connectivity index (χ3n) is 5.75. The van der Waals surface area contributed by atoms with Gasteiger partial charge < -0.3 is 9.47 Å². The topological polar surface area (TPSA) is 51.7 Å². The molecule has 5 rings (SSSR count). The van der Waals surface area contributed by atoms with Crippen molar-refractivity contribution >= 4 is 11.9 Å². The minimum atomic E-state index is -0.0830. The Hall–Kier alpha value is -3.44. The number of allylic oxidation sites excluding steroid dienone is 1. The van der Waals surface area contributed by atoms with Crippen LogP contribution in [0.5, 0.6) is 11.5 Å². The summed E-state index contributed by atoms with van der Waals surface area (Å²) >= 11 is 0. The molecule has 2 aliphatic heterocycles. The maximum Gasteiger partial charge on any atom is 0.232 e. The van der Waals surface area contributed by atoms with Gasteiger partial charge in [0.2, 0.25) is 5.78 Å². The van der Waals surface area contributed by atoms with Crippen molar-refractivity contribution < 1.29 is 14.3 Å². The Kier molecular flexibility index (Phi) is 5.26. The number of ketones is 1. The van der Waals surface area contributed by atoms with E-state index in [0.29, 0.717) is 30.3 Å². The van der Waals surface area contributed by atoms with Crippen molar-refractivity contribution in [2.45, 2.75) is 26.3 Å². The van der Waals surface area contributed by atoms with Gasteiger partial charge in [0.15, 0.2) is 5.76 Å². The number of benzene rings is 2. The molecule has 3 heterocycles. The molecule has 0 amide bonds. The molecular weight excluding hydrogens is 388 g/mol. The Balaban J connectivity index is 1.35. The zero-order valence-corrected chi connectivity index (χ0v) is 17.5. The molecule has 0 unspecified atom stereocenters. The highest BCUT2D eigenvalue weighted by molar-refractivity contribution is 6.15. The minimum Gasteiger partial charge on any atom is -0.478 e. The molecule has 0 bridgehead atoms. The number of pyridine rings is 1. The molecule has 0 N–H and O–H groups in total. The summed E-state index contributed by atoms with van der Waals surface area (Å²) in [4.78, 5) is 19.4. The molecular formula is C26H24N2O3. The molecule has 0 radical (unpaired) electrons. The van der Waals surface area contributed by atoms with E-state index < -0.39 is 0 Å². The molecule has 1 aromatic heterocycles. The zero-order valence-electron chi connectivity index (χ0n) is 17.5. The summed E-state index contributed by atoms with van der Waals surface area (Å²) < 4.78 is 12.1. The number of aromatic nitrogens is 1. The second-order valence-corrected chi connectivity index (χ2v) is 8.02. The normalized spacial score (nSPS) is 16.5. The maximum atomic E-state index is 13.1. The van der Waals surface area contributed by atoms with Gasteiger partial charge in [0, 0.05) is 25.5 Å². The molecule has 5 nitrogen and oxygen atoms in total. The molecule has 156 valence electrons. The van der Waals surface area contributed by atoms with Crippen LogP contribution in [0.4, 0.5) is 0 Å². The first-order valence-corrected chi connectivity index (χ1v) is 10.6. The van der Waals surface area contributed by atoms with Crippen molar-refractivity contribution in [3.05, 3.63) is 94.5 Å². The molecule has 2 aliphatic rings. The van der Waals surface area contributed by atoms with Crippen LogP contribution < -0.4 is 9.47 Å². The monoisotopic (exact) mass is 412 g/mol. The van der Waals surface area contributed by atoms with E-state index in [2.05, 4.69) is 34.1 Å². The molecule has 0 spiro atoms. The van der Waals surface area contributed by atoms with Crippen LogP contribution in [0.25, 0.3) is 6.08 Å². The number of ether oxygens (including phenoxy) is 2. The van der Waals surface area contributed by atoms with Gasteiger partial charge in [-0.15, -0.1) is 0 Å². The van der Waals surface area contributed by atoms with Gasteiger partial charge in [-0.2, -0.15) is 0 Å². The molecule has 0 atom stereocenters. The third-order valence-corrected chi connectivity index (χ3v) is 5.75. The summed E-state index contributed by atoms with van der Waals surface area (Å²) in [6.07, 6.45) is 7.25. The van der Waals surface area contributed by atoms with Crippen molar-refractivity contribution in [2.75, 3.05) is 13.3 Å². The Bertz CT molecular complexity index is 1140. The summed E-state index contributed by atoms with van der Waals surface area (Å²) in [5, 5.41) is 0. The van der Waals surface area contributed by atoms with Crippen LogP contribution in [-0.2, 0) is 13.0 Å². The first kappa shape index (κ1) is 19.5. The van der Waals surface area contributed by atoms with E-state index in [-0.39, 0.29) is 5.78 Å². The molecule has 5 heteroatoms. The molecule has 0 fully saturated rings. The zero-order chi connectivity index (χ0) is 21.2. The largest absolute Gasteiger partial charge is 0.478 e. The Labute approximate surface area is 181 Å². The first-order chi connectivity index (χ1) is 15.2. The van der Waals surface area contributed by atoms with Crippen molar-refractivity contribution in [3.63, 3.8) is 0 Å². The minimum absolute atomic E-state index is 0.0830. The van der Waals surface area contributed by atoms with Crippen LogP contribution in [0.1, 0.15) is 39.0 Å². The van der Waals surface area contributed by atoms with Gasteiger partial charge >= 0.3 is 0 Å². The lowest BCUT2D eigenvalue weighted by Gasteiger charge is -2.30. The average Bonchev–Trinajstić information content (AvgIpc) is 3.12. The van der Waals surface area contributed by atoms with Gasteiger partial charge in [0.05, 0.1) is 11.1 Å². The molecule has 31 heavy (non-hydrogen) atoms. The Morgan fingerprint density at radius 3 is 2.84 bits per heavy atom. The Morgan fingerprint density at radius 2 is 2.03 bits per heavy atom. The Morgan fingerprint density at radius 1 is 1.16 bits per heavy atom. The van der Waals surface area contributed by atoms with Crippen LogP contribution in [0.15, 0.2) is 66.7 Å².